The highest BCUT2D eigenvalue weighted by atomic mass is 19.1. The summed E-state index contributed by atoms with van der Waals surface area (Å²) in [7, 11) is 1.36. The Hall–Kier alpha value is -0.680. The summed E-state index contributed by atoms with van der Waals surface area (Å²) in [5, 5.41) is 0. The maximum atomic E-state index is 12.3. The van der Waals surface area contributed by atoms with E-state index in [4.69, 9.17) is 4.74 Å². The average molecular weight is 233 g/mol. The minimum absolute atomic E-state index is 0.198. The van der Waals surface area contributed by atoms with E-state index >= 15 is 0 Å². The third-order valence-electron chi connectivity index (χ3n) is 2.75. The van der Waals surface area contributed by atoms with Crippen LogP contribution in [0.1, 0.15) is 19.3 Å². The number of alkyl halides is 1. The Bertz CT molecular complexity index is 207. The second kappa shape index (κ2) is 7.57. The normalized spacial score (nSPS) is 20.3. The van der Waals surface area contributed by atoms with Crippen LogP contribution in [0.3, 0.4) is 0 Å². The van der Waals surface area contributed by atoms with Gasteiger partial charge in [0, 0.05) is 26.2 Å². The van der Waals surface area contributed by atoms with E-state index in [-0.39, 0.29) is 12.1 Å². The molecule has 1 saturated heterocycles. The van der Waals surface area contributed by atoms with Crippen LogP contribution in [0.5, 0.6) is 0 Å². The second-order valence-corrected chi connectivity index (χ2v) is 3.95. The van der Waals surface area contributed by atoms with Gasteiger partial charge in [-0.15, -0.1) is 0 Å². The molecule has 1 heterocycles. The van der Waals surface area contributed by atoms with E-state index in [9.17, 15) is 9.18 Å². The molecule has 1 rings (SSSR count). The summed E-state index contributed by atoms with van der Waals surface area (Å²) < 4.78 is 22.4. The van der Waals surface area contributed by atoms with Gasteiger partial charge in [0.2, 0.25) is 0 Å². The highest BCUT2D eigenvalue weighted by Gasteiger charge is 2.19. The van der Waals surface area contributed by atoms with E-state index in [1.165, 1.54) is 7.11 Å². The molecular formula is C11H20FNO3. The Labute approximate surface area is 95.7 Å². The Morgan fingerprint density at radius 3 is 2.94 bits per heavy atom. The number of methoxy groups -OCH3 is 1. The second-order valence-electron chi connectivity index (χ2n) is 3.95. The van der Waals surface area contributed by atoms with Gasteiger partial charge < -0.3 is 9.47 Å². The number of rotatable bonds is 7. The minimum atomic E-state index is -0.395. The number of hydrogen-bond donors (Lipinski definition) is 0. The lowest BCUT2D eigenvalue weighted by Gasteiger charge is -2.23. The standard InChI is InChI=1S/C11H20FNO3/c1-15-11(14)4-6-13(7-5-12)9-10-3-2-8-16-10/h10H,2-9H2,1H3. The number of carbonyl (C=O) groups excluding carboxylic acids is 1. The summed E-state index contributed by atoms with van der Waals surface area (Å²) in [4.78, 5) is 12.9. The molecular weight excluding hydrogens is 213 g/mol. The largest absolute Gasteiger partial charge is 0.469 e. The third kappa shape index (κ3) is 4.90. The third-order valence-corrected chi connectivity index (χ3v) is 2.75. The Morgan fingerprint density at radius 1 is 1.56 bits per heavy atom. The first kappa shape index (κ1) is 13.4. The highest BCUT2D eigenvalue weighted by molar-refractivity contribution is 5.69. The molecule has 1 unspecified atom stereocenters. The first-order valence-electron chi connectivity index (χ1n) is 5.73. The van der Waals surface area contributed by atoms with Crippen LogP contribution in [-0.2, 0) is 14.3 Å². The van der Waals surface area contributed by atoms with E-state index in [0.29, 0.717) is 26.1 Å². The SMILES string of the molecule is COC(=O)CCN(CCF)CC1CCCO1. The van der Waals surface area contributed by atoms with Gasteiger partial charge in [0.25, 0.3) is 0 Å². The van der Waals surface area contributed by atoms with Crippen LogP contribution in [0.2, 0.25) is 0 Å². The molecule has 0 amide bonds. The molecule has 5 heteroatoms. The molecule has 0 N–H and O–H groups in total. The van der Waals surface area contributed by atoms with Crippen molar-refractivity contribution >= 4 is 5.97 Å². The van der Waals surface area contributed by atoms with Crippen LogP contribution in [-0.4, -0.2) is 57.0 Å². The lowest BCUT2D eigenvalue weighted by molar-refractivity contribution is -0.141. The number of esters is 1. The topological polar surface area (TPSA) is 38.8 Å². The maximum Gasteiger partial charge on any atom is 0.306 e. The monoisotopic (exact) mass is 233 g/mol. The van der Waals surface area contributed by atoms with E-state index in [0.717, 1.165) is 19.4 Å². The number of hydrogen-bond acceptors (Lipinski definition) is 4. The van der Waals surface area contributed by atoms with Crippen molar-refractivity contribution in [3.05, 3.63) is 0 Å². The molecule has 0 bridgehead atoms. The van der Waals surface area contributed by atoms with Crippen molar-refractivity contribution in [1.82, 2.24) is 4.90 Å². The molecule has 0 aromatic heterocycles. The van der Waals surface area contributed by atoms with Gasteiger partial charge in [0.15, 0.2) is 0 Å². The highest BCUT2D eigenvalue weighted by Crippen LogP contribution is 2.13. The molecule has 1 fully saturated rings. The van der Waals surface area contributed by atoms with E-state index in [1.54, 1.807) is 0 Å². The van der Waals surface area contributed by atoms with Crippen molar-refractivity contribution < 1.29 is 18.7 Å². The molecule has 1 aliphatic heterocycles. The Morgan fingerprint density at radius 2 is 2.38 bits per heavy atom. The fourth-order valence-corrected chi connectivity index (χ4v) is 1.84. The summed E-state index contributed by atoms with van der Waals surface area (Å²) in [6.45, 7) is 2.01. The molecule has 0 radical (unpaired) electrons. The van der Waals surface area contributed by atoms with Crippen molar-refractivity contribution in [1.29, 1.82) is 0 Å². The van der Waals surface area contributed by atoms with Gasteiger partial charge in [0.1, 0.15) is 6.67 Å². The summed E-state index contributed by atoms with van der Waals surface area (Å²) >= 11 is 0. The summed E-state index contributed by atoms with van der Waals surface area (Å²) in [6, 6.07) is 0. The van der Waals surface area contributed by atoms with Crippen LogP contribution in [0.25, 0.3) is 0 Å². The lowest BCUT2D eigenvalue weighted by atomic mass is 10.2. The average Bonchev–Trinajstić information content (AvgIpc) is 2.78. The van der Waals surface area contributed by atoms with Gasteiger partial charge in [-0.25, -0.2) is 4.39 Å². The van der Waals surface area contributed by atoms with Crippen LogP contribution in [0.4, 0.5) is 4.39 Å². The van der Waals surface area contributed by atoms with Crippen LogP contribution >= 0.6 is 0 Å². The van der Waals surface area contributed by atoms with Crippen molar-refractivity contribution in [2.24, 2.45) is 0 Å². The molecule has 0 aromatic rings. The van der Waals surface area contributed by atoms with Crippen LogP contribution < -0.4 is 0 Å². The molecule has 0 spiro atoms. The number of halogens is 1. The minimum Gasteiger partial charge on any atom is -0.469 e. The molecule has 1 atom stereocenters. The van der Waals surface area contributed by atoms with Crippen LogP contribution in [0.15, 0.2) is 0 Å². The molecule has 1 aliphatic rings. The lowest BCUT2D eigenvalue weighted by Crippen LogP contribution is -2.35. The van der Waals surface area contributed by atoms with Crippen molar-refractivity contribution in [3.8, 4) is 0 Å². The predicted molar refractivity (Wildman–Crippen MR) is 58.0 cm³/mol. The number of ether oxygens (including phenoxy) is 2. The zero-order valence-corrected chi connectivity index (χ0v) is 9.78. The van der Waals surface area contributed by atoms with Crippen molar-refractivity contribution in [3.63, 3.8) is 0 Å². The fraction of sp³-hybridized carbons (Fsp3) is 0.909. The van der Waals surface area contributed by atoms with Crippen molar-refractivity contribution in [2.75, 3.05) is 40.0 Å². The summed E-state index contributed by atoms with van der Waals surface area (Å²) in [5.74, 6) is -0.254. The Balaban J connectivity index is 2.25. The van der Waals surface area contributed by atoms with Gasteiger partial charge in [-0.2, -0.15) is 0 Å². The fourth-order valence-electron chi connectivity index (χ4n) is 1.84. The molecule has 16 heavy (non-hydrogen) atoms. The van der Waals surface area contributed by atoms with E-state index < -0.39 is 6.67 Å². The van der Waals surface area contributed by atoms with Crippen molar-refractivity contribution in [2.45, 2.75) is 25.4 Å². The van der Waals surface area contributed by atoms with Gasteiger partial charge in [-0.1, -0.05) is 0 Å². The number of carbonyl (C=O) groups is 1. The van der Waals surface area contributed by atoms with E-state index in [1.807, 2.05) is 4.90 Å². The first-order chi connectivity index (χ1) is 7.76. The maximum absolute atomic E-state index is 12.3. The number of nitrogens with zero attached hydrogens (tertiary/aromatic N) is 1. The smallest absolute Gasteiger partial charge is 0.306 e. The molecule has 94 valence electrons. The summed E-state index contributed by atoms with van der Waals surface area (Å²) in [6.07, 6.45) is 2.61. The quantitative estimate of drug-likeness (QED) is 0.615. The molecule has 4 nitrogen and oxygen atoms in total. The first-order valence-corrected chi connectivity index (χ1v) is 5.73. The molecule has 0 aromatic carbocycles. The molecule has 0 aliphatic carbocycles. The predicted octanol–water partition coefficient (Wildman–Crippen LogP) is 1.000. The van der Waals surface area contributed by atoms with Gasteiger partial charge in [-0.05, 0) is 12.8 Å². The van der Waals surface area contributed by atoms with E-state index in [2.05, 4.69) is 4.74 Å². The van der Waals surface area contributed by atoms with Crippen LogP contribution in [0, 0.1) is 0 Å². The summed E-state index contributed by atoms with van der Waals surface area (Å²) in [5.41, 5.74) is 0. The van der Waals surface area contributed by atoms with Gasteiger partial charge >= 0.3 is 5.97 Å². The van der Waals surface area contributed by atoms with Gasteiger partial charge in [0.05, 0.1) is 19.6 Å². The zero-order chi connectivity index (χ0) is 11.8. The Kier molecular flexibility index (Phi) is 6.33. The zero-order valence-electron chi connectivity index (χ0n) is 9.78. The molecule has 0 saturated carbocycles. The van der Waals surface area contributed by atoms with Gasteiger partial charge in [-0.3, -0.25) is 9.69 Å².